The van der Waals surface area contributed by atoms with E-state index in [1.807, 2.05) is 0 Å². The molecule has 0 atom stereocenters. The third-order valence-corrected chi connectivity index (χ3v) is 5.25. The van der Waals surface area contributed by atoms with Crippen molar-refractivity contribution in [1.29, 1.82) is 0 Å². The van der Waals surface area contributed by atoms with Gasteiger partial charge in [0.05, 0.1) is 6.20 Å². The van der Waals surface area contributed by atoms with Crippen LogP contribution in [0.5, 0.6) is 0 Å². The van der Waals surface area contributed by atoms with Gasteiger partial charge in [-0.2, -0.15) is 0 Å². The highest BCUT2D eigenvalue weighted by molar-refractivity contribution is 5.50. The maximum Gasteiger partial charge on any atom is 0.147 e. The predicted molar refractivity (Wildman–Crippen MR) is 90.4 cm³/mol. The van der Waals surface area contributed by atoms with Gasteiger partial charge in [-0.05, 0) is 43.9 Å². The lowest BCUT2D eigenvalue weighted by Crippen LogP contribution is -2.33. The maximum absolute atomic E-state index is 4.78. The van der Waals surface area contributed by atoms with Crippen LogP contribution in [0.15, 0.2) is 30.6 Å². The summed E-state index contributed by atoms with van der Waals surface area (Å²) in [4.78, 5) is 9.92. The number of imidazole rings is 1. The lowest BCUT2D eigenvalue weighted by atomic mass is 10.1. The standard InChI is InChI=1S/C18H26N4/c1-2-7-16(6-1)14-20-9-5-11-21(13-12-20)18-15-22-10-4-3-8-17(22)19-18/h3-4,8,10,15-16H,1-2,5-7,9,11-14H2. The van der Waals surface area contributed by atoms with Crippen molar-refractivity contribution in [2.24, 2.45) is 5.92 Å². The SMILES string of the molecule is c1ccn2cc(N3CCCN(CC4CCCC4)CC3)nc2c1. The topological polar surface area (TPSA) is 23.8 Å². The second kappa shape index (κ2) is 6.29. The van der Waals surface area contributed by atoms with E-state index in [1.54, 1.807) is 0 Å². The molecule has 3 heterocycles. The first-order valence-corrected chi connectivity index (χ1v) is 8.79. The molecule has 4 nitrogen and oxygen atoms in total. The van der Waals surface area contributed by atoms with Crippen molar-refractivity contribution in [3.8, 4) is 0 Å². The monoisotopic (exact) mass is 298 g/mol. The van der Waals surface area contributed by atoms with E-state index in [-0.39, 0.29) is 0 Å². The average molecular weight is 298 g/mol. The number of rotatable bonds is 3. The molecule has 2 aliphatic rings. The van der Waals surface area contributed by atoms with Crippen LogP contribution in [-0.2, 0) is 0 Å². The molecule has 4 heteroatoms. The van der Waals surface area contributed by atoms with Gasteiger partial charge in [0.15, 0.2) is 0 Å². The fourth-order valence-corrected chi connectivity index (χ4v) is 4.01. The molecule has 2 aromatic rings. The summed E-state index contributed by atoms with van der Waals surface area (Å²) >= 11 is 0. The third-order valence-electron chi connectivity index (χ3n) is 5.25. The van der Waals surface area contributed by atoms with E-state index in [0.717, 1.165) is 30.5 Å². The Labute approximate surface area is 132 Å². The van der Waals surface area contributed by atoms with Crippen molar-refractivity contribution in [1.82, 2.24) is 14.3 Å². The molecule has 0 radical (unpaired) electrons. The van der Waals surface area contributed by atoms with Crippen LogP contribution in [0.1, 0.15) is 32.1 Å². The number of nitrogens with zero attached hydrogens (tertiary/aromatic N) is 4. The summed E-state index contributed by atoms with van der Waals surface area (Å²) in [6, 6.07) is 6.19. The van der Waals surface area contributed by atoms with Gasteiger partial charge in [0.25, 0.3) is 0 Å². The van der Waals surface area contributed by atoms with E-state index in [1.165, 1.54) is 51.7 Å². The summed E-state index contributed by atoms with van der Waals surface area (Å²) < 4.78 is 2.12. The van der Waals surface area contributed by atoms with Crippen LogP contribution in [0.4, 0.5) is 5.82 Å². The van der Waals surface area contributed by atoms with Gasteiger partial charge in [0, 0.05) is 32.4 Å². The van der Waals surface area contributed by atoms with Crippen molar-refractivity contribution in [3.05, 3.63) is 30.6 Å². The largest absolute Gasteiger partial charge is 0.354 e. The zero-order chi connectivity index (χ0) is 14.8. The Kier molecular flexibility index (Phi) is 4.02. The van der Waals surface area contributed by atoms with E-state index < -0.39 is 0 Å². The number of hydrogen-bond acceptors (Lipinski definition) is 3. The lowest BCUT2D eigenvalue weighted by molar-refractivity contribution is 0.246. The highest BCUT2D eigenvalue weighted by Gasteiger charge is 2.21. The highest BCUT2D eigenvalue weighted by Crippen LogP contribution is 2.26. The predicted octanol–water partition coefficient (Wildman–Crippen LogP) is 3.04. The van der Waals surface area contributed by atoms with Gasteiger partial charge < -0.3 is 14.2 Å². The van der Waals surface area contributed by atoms with Crippen molar-refractivity contribution in [2.75, 3.05) is 37.6 Å². The first-order valence-electron chi connectivity index (χ1n) is 8.79. The van der Waals surface area contributed by atoms with Gasteiger partial charge in [-0.1, -0.05) is 18.9 Å². The van der Waals surface area contributed by atoms with Crippen LogP contribution < -0.4 is 4.90 Å². The fourth-order valence-electron chi connectivity index (χ4n) is 4.01. The van der Waals surface area contributed by atoms with Crippen molar-refractivity contribution in [2.45, 2.75) is 32.1 Å². The average Bonchev–Trinajstić information content (AvgIpc) is 3.13. The van der Waals surface area contributed by atoms with Gasteiger partial charge in [0.2, 0.25) is 0 Å². The Balaban J connectivity index is 1.41. The molecule has 0 aromatic carbocycles. The Hall–Kier alpha value is -1.55. The molecule has 4 rings (SSSR count). The van der Waals surface area contributed by atoms with Crippen LogP contribution in [0.25, 0.3) is 5.65 Å². The van der Waals surface area contributed by atoms with E-state index in [4.69, 9.17) is 4.98 Å². The van der Waals surface area contributed by atoms with Crippen LogP contribution in [0.2, 0.25) is 0 Å². The van der Waals surface area contributed by atoms with Crippen LogP contribution in [0, 0.1) is 5.92 Å². The summed E-state index contributed by atoms with van der Waals surface area (Å²) in [5.74, 6) is 2.09. The molecule has 1 aliphatic heterocycles. The molecule has 0 N–H and O–H groups in total. The Bertz CT molecular complexity index is 581. The van der Waals surface area contributed by atoms with E-state index in [0.29, 0.717) is 0 Å². The zero-order valence-electron chi connectivity index (χ0n) is 13.3. The fraction of sp³-hybridized carbons (Fsp3) is 0.611. The molecule has 1 aliphatic carbocycles. The molecular weight excluding hydrogens is 272 g/mol. The summed E-state index contributed by atoms with van der Waals surface area (Å²) in [7, 11) is 0. The minimum Gasteiger partial charge on any atom is -0.354 e. The van der Waals surface area contributed by atoms with Crippen LogP contribution in [0.3, 0.4) is 0 Å². The van der Waals surface area contributed by atoms with E-state index in [9.17, 15) is 0 Å². The summed E-state index contributed by atoms with van der Waals surface area (Å²) in [6.45, 7) is 5.99. The number of fused-ring (bicyclic) bond motifs is 1. The number of hydrogen-bond donors (Lipinski definition) is 0. The third kappa shape index (κ3) is 2.98. The number of anilines is 1. The summed E-state index contributed by atoms with van der Waals surface area (Å²) in [6.07, 6.45) is 11.3. The molecule has 118 valence electrons. The Morgan fingerprint density at radius 3 is 2.77 bits per heavy atom. The van der Waals surface area contributed by atoms with Crippen LogP contribution in [-0.4, -0.2) is 47.0 Å². The summed E-state index contributed by atoms with van der Waals surface area (Å²) in [5, 5.41) is 0. The molecule has 0 amide bonds. The quantitative estimate of drug-likeness (QED) is 0.870. The van der Waals surface area contributed by atoms with Crippen LogP contribution >= 0.6 is 0 Å². The normalized spacial score (nSPS) is 21.5. The van der Waals surface area contributed by atoms with Crippen molar-refractivity contribution in [3.63, 3.8) is 0 Å². The Morgan fingerprint density at radius 2 is 1.91 bits per heavy atom. The summed E-state index contributed by atoms with van der Waals surface area (Å²) in [5.41, 5.74) is 1.05. The molecular formula is C18H26N4. The van der Waals surface area contributed by atoms with Gasteiger partial charge >= 0.3 is 0 Å². The molecule has 0 unspecified atom stereocenters. The molecule has 2 aromatic heterocycles. The first-order chi connectivity index (χ1) is 10.9. The lowest BCUT2D eigenvalue weighted by Gasteiger charge is -2.24. The van der Waals surface area contributed by atoms with Crippen molar-refractivity contribution >= 4 is 11.5 Å². The van der Waals surface area contributed by atoms with Gasteiger partial charge in [0.1, 0.15) is 11.5 Å². The molecule has 1 saturated heterocycles. The highest BCUT2D eigenvalue weighted by atomic mass is 15.3. The number of aromatic nitrogens is 2. The molecule has 0 bridgehead atoms. The van der Waals surface area contributed by atoms with Gasteiger partial charge in [-0.3, -0.25) is 0 Å². The van der Waals surface area contributed by atoms with E-state index >= 15 is 0 Å². The van der Waals surface area contributed by atoms with Gasteiger partial charge in [-0.25, -0.2) is 4.98 Å². The molecule has 22 heavy (non-hydrogen) atoms. The van der Waals surface area contributed by atoms with Crippen molar-refractivity contribution < 1.29 is 0 Å². The second-order valence-corrected chi connectivity index (χ2v) is 6.86. The smallest absolute Gasteiger partial charge is 0.147 e. The molecule has 2 fully saturated rings. The van der Waals surface area contributed by atoms with Gasteiger partial charge in [-0.15, -0.1) is 0 Å². The number of pyridine rings is 1. The minimum atomic E-state index is 0.960. The Morgan fingerprint density at radius 1 is 1.00 bits per heavy atom. The first kappa shape index (κ1) is 14.1. The van der Waals surface area contributed by atoms with E-state index in [2.05, 4.69) is 44.8 Å². The minimum absolute atomic E-state index is 0.960. The molecule has 1 saturated carbocycles. The molecule has 0 spiro atoms. The maximum atomic E-state index is 4.78. The second-order valence-electron chi connectivity index (χ2n) is 6.86. The zero-order valence-corrected chi connectivity index (χ0v) is 13.3.